The first-order valence-electron chi connectivity index (χ1n) is 10.1. The number of benzene rings is 1. The molecule has 1 aliphatic rings. The zero-order valence-electron chi connectivity index (χ0n) is 16.7. The first-order valence-corrected chi connectivity index (χ1v) is 10.5. The van der Waals surface area contributed by atoms with Gasteiger partial charge in [-0.05, 0) is 55.3 Å². The summed E-state index contributed by atoms with van der Waals surface area (Å²) in [6.07, 6.45) is 8.59. The van der Waals surface area contributed by atoms with Crippen LogP contribution in [0.1, 0.15) is 25.7 Å². The Bertz CT molecular complexity index is 1180. The summed E-state index contributed by atoms with van der Waals surface area (Å²) in [6, 6.07) is 14.0. The van der Waals surface area contributed by atoms with E-state index in [9.17, 15) is 0 Å². The summed E-state index contributed by atoms with van der Waals surface area (Å²) in [7, 11) is 1.66. The molecule has 1 fully saturated rings. The minimum absolute atomic E-state index is 0.443. The van der Waals surface area contributed by atoms with Crippen LogP contribution in [0.3, 0.4) is 0 Å². The van der Waals surface area contributed by atoms with Crippen LogP contribution in [-0.4, -0.2) is 32.5 Å². The first kappa shape index (κ1) is 18.9. The fourth-order valence-electron chi connectivity index (χ4n) is 4.04. The molecule has 0 amide bonds. The fraction of sp³-hybridized carbons (Fsp3) is 0.261. The average molecular weight is 420 g/mol. The number of anilines is 1. The van der Waals surface area contributed by atoms with Gasteiger partial charge in [0.05, 0.1) is 29.2 Å². The molecule has 1 aliphatic carbocycles. The molecule has 1 aromatic carbocycles. The van der Waals surface area contributed by atoms with Crippen molar-refractivity contribution in [1.29, 1.82) is 0 Å². The Morgan fingerprint density at radius 2 is 1.87 bits per heavy atom. The quantitative estimate of drug-likeness (QED) is 0.464. The van der Waals surface area contributed by atoms with Crippen molar-refractivity contribution >= 4 is 23.2 Å². The van der Waals surface area contributed by atoms with Gasteiger partial charge in [-0.25, -0.2) is 15.0 Å². The molecule has 0 radical (unpaired) electrons. The van der Waals surface area contributed by atoms with Gasteiger partial charge in [0.2, 0.25) is 5.95 Å². The Labute approximate surface area is 179 Å². The van der Waals surface area contributed by atoms with Crippen molar-refractivity contribution in [2.45, 2.75) is 31.7 Å². The van der Waals surface area contributed by atoms with Crippen LogP contribution in [-0.2, 0) is 0 Å². The van der Waals surface area contributed by atoms with Crippen molar-refractivity contribution < 1.29 is 4.74 Å². The molecular formula is C23H22ClN5O. The molecule has 0 aliphatic heterocycles. The normalized spacial score (nSPS) is 14.3. The Morgan fingerprint density at radius 3 is 2.63 bits per heavy atom. The van der Waals surface area contributed by atoms with E-state index < -0.39 is 0 Å². The average Bonchev–Trinajstić information content (AvgIpc) is 3.42. The molecule has 6 nitrogen and oxygen atoms in total. The third-order valence-electron chi connectivity index (χ3n) is 5.55. The van der Waals surface area contributed by atoms with Crippen molar-refractivity contribution in [2.75, 3.05) is 12.4 Å². The molecule has 0 spiro atoms. The molecule has 0 bridgehead atoms. The molecule has 7 heteroatoms. The van der Waals surface area contributed by atoms with E-state index in [1.165, 1.54) is 12.8 Å². The van der Waals surface area contributed by atoms with Gasteiger partial charge in [0.15, 0.2) is 5.65 Å². The Morgan fingerprint density at radius 1 is 1.07 bits per heavy atom. The van der Waals surface area contributed by atoms with E-state index in [2.05, 4.69) is 10.3 Å². The lowest BCUT2D eigenvalue weighted by molar-refractivity contribution is 0.415. The summed E-state index contributed by atoms with van der Waals surface area (Å²) in [5, 5.41) is 4.08. The van der Waals surface area contributed by atoms with Gasteiger partial charge in [-0.3, -0.25) is 4.40 Å². The van der Waals surface area contributed by atoms with E-state index in [0.717, 1.165) is 41.2 Å². The molecule has 3 aromatic heterocycles. The van der Waals surface area contributed by atoms with Crippen LogP contribution in [0.2, 0.25) is 5.02 Å². The van der Waals surface area contributed by atoms with Gasteiger partial charge in [0, 0.05) is 24.0 Å². The topological polar surface area (TPSA) is 64.3 Å². The van der Waals surface area contributed by atoms with Gasteiger partial charge in [-0.2, -0.15) is 0 Å². The van der Waals surface area contributed by atoms with E-state index in [0.29, 0.717) is 22.7 Å². The number of ether oxygens (including phenoxy) is 1. The Hall–Kier alpha value is -3.12. The van der Waals surface area contributed by atoms with Crippen LogP contribution < -0.4 is 10.1 Å². The third-order valence-corrected chi connectivity index (χ3v) is 5.85. The summed E-state index contributed by atoms with van der Waals surface area (Å²) < 4.78 is 7.29. The second kappa shape index (κ2) is 7.95. The maximum atomic E-state index is 6.46. The number of nitrogens with zero attached hydrogens (tertiary/aromatic N) is 4. The van der Waals surface area contributed by atoms with Crippen molar-refractivity contribution in [3.8, 4) is 28.4 Å². The highest BCUT2D eigenvalue weighted by Crippen LogP contribution is 2.35. The molecule has 0 unspecified atom stereocenters. The van der Waals surface area contributed by atoms with Crippen molar-refractivity contribution in [1.82, 2.24) is 19.4 Å². The lowest BCUT2D eigenvalue weighted by Crippen LogP contribution is -2.16. The molecule has 152 valence electrons. The van der Waals surface area contributed by atoms with Gasteiger partial charge in [0.1, 0.15) is 5.75 Å². The van der Waals surface area contributed by atoms with Crippen molar-refractivity contribution in [3.05, 3.63) is 59.9 Å². The molecule has 3 heterocycles. The number of hydrogen-bond acceptors (Lipinski definition) is 5. The summed E-state index contributed by atoms with van der Waals surface area (Å²) in [6.45, 7) is 0. The molecule has 30 heavy (non-hydrogen) atoms. The number of methoxy groups -OCH3 is 1. The van der Waals surface area contributed by atoms with E-state index in [1.807, 2.05) is 53.1 Å². The van der Waals surface area contributed by atoms with Crippen LogP contribution in [0.25, 0.3) is 28.3 Å². The predicted octanol–water partition coefficient (Wildman–Crippen LogP) is 5.47. The SMILES string of the molecule is COc1ccc(-c2nc3c(Cl)cccn3c2-c2ccnc(NC3CCCC3)n2)cc1. The van der Waals surface area contributed by atoms with Crippen LogP contribution in [0.15, 0.2) is 54.9 Å². The number of pyridine rings is 1. The molecule has 0 saturated heterocycles. The highest BCUT2D eigenvalue weighted by Gasteiger charge is 2.20. The number of aromatic nitrogens is 4. The minimum Gasteiger partial charge on any atom is -0.497 e. The molecular weight excluding hydrogens is 398 g/mol. The van der Waals surface area contributed by atoms with Gasteiger partial charge < -0.3 is 10.1 Å². The molecule has 5 rings (SSSR count). The maximum absolute atomic E-state index is 6.46. The molecule has 1 N–H and O–H groups in total. The third kappa shape index (κ3) is 3.48. The van der Waals surface area contributed by atoms with E-state index >= 15 is 0 Å². The predicted molar refractivity (Wildman–Crippen MR) is 119 cm³/mol. The smallest absolute Gasteiger partial charge is 0.223 e. The maximum Gasteiger partial charge on any atom is 0.223 e. The van der Waals surface area contributed by atoms with Gasteiger partial charge >= 0.3 is 0 Å². The number of imidazole rings is 1. The summed E-state index contributed by atoms with van der Waals surface area (Å²) in [5.41, 5.74) is 4.16. The van der Waals surface area contributed by atoms with Gasteiger partial charge in [0.25, 0.3) is 0 Å². The monoisotopic (exact) mass is 419 g/mol. The zero-order chi connectivity index (χ0) is 20.5. The Kier molecular flexibility index (Phi) is 5.01. The lowest BCUT2D eigenvalue weighted by Gasteiger charge is -2.12. The number of rotatable bonds is 5. The van der Waals surface area contributed by atoms with E-state index in [1.54, 1.807) is 13.3 Å². The largest absolute Gasteiger partial charge is 0.497 e. The van der Waals surface area contributed by atoms with Crippen LogP contribution in [0, 0.1) is 0 Å². The van der Waals surface area contributed by atoms with Crippen molar-refractivity contribution in [2.24, 2.45) is 0 Å². The Balaban J connectivity index is 1.64. The standard InChI is InChI=1S/C23H22ClN5O/c1-30-17-10-8-15(9-11-17)20-21(29-14-4-7-18(24)22(29)28-20)19-12-13-25-23(27-19)26-16-5-2-3-6-16/h4,7-14,16H,2-3,5-6H2,1H3,(H,25,26,27). The summed E-state index contributed by atoms with van der Waals surface area (Å²) in [5.74, 6) is 1.45. The van der Waals surface area contributed by atoms with Crippen molar-refractivity contribution in [3.63, 3.8) is 0 Å². The van der Waals surface area contributed by atoms with Crippen LogP contribution in [0.4, 0.5) is 5.95 Å². The highest BCUT2D eigenvalue weighted by atomic mass is 35.5. The number of hydrogen-bond donors (Lipinski definition) is 1. The summed E-state index contributed by atoms with van der Waals surface area (Å²) in [4.78, 5) is 14.1. The number of fused-ring (bicyclic) bond motifs is 1. The molecule has 4 aromatic rings. The van der Waals surface area contributed by atoms with E-state index in [-0.39, 0.29) is 0 Å². The van der Waals surface area contributed by atoms with Gasteiger partial charge in [-0.1, -0.05) is 24.4 Å². The van der Waals surface area contributed by atoms with Gasteiger partial charge in [-0.15, -0.1) is 0 Å². The highest BCUT2D eigenvalue weighted by molar-refractivity contribution is 6.33. The van der Waals surface area contributed by atoms with Crippen LogP contribution in [0.5, 0.6) is 5.75 Å². The minimum atomic E-state index is 0.443. The lowest BCUT2D eigenvalue weighted by atomic mass is 10.1. The molecule has 0 atom stereocenters. The summed E-state index contributed by atoms with van der Waals surface area (Å²) >= 11 is 6.46. The number of nitrogens with one attached hydrogen (secondary N) is 1. The molecule has 1 saturated carbocycles. The second-order valence-electron chi connectivity index (χ2n) is 7.48. The second-order valence-corrected chi connectivity index (χ2v) is 7.89. The zero-order valence-corrected chi connectivity index (χ0v) is 17.4. The fourth-order valence-corrected chi connectivity index (χ4v) is 4.25. The number of halogens is 1. The van der Waals surface area contributed by atoms with Crippen LogP contribution >= 0.6 is 11.6 Å². The first-order chi connectivity index (χ1) is 14.7. The van der Waals surface area contributed by atoms with E-state index in [4.69, 9.17) is 26.3 Å².